The van der Waals surface area contributed by atoms with E-state index in [0.717, 1.165) is 0 Å². The Labute approximate surface area is 192 Å². The van der Waals surface area contributed by atoms with E-state index in [2.05, 4.69) is 20.9 Å². The Morgan fingerprint density at radius 1 is 1.06 bits per heavy atom. The fraction of sp³-hybridized carbons (Fsp3) is 0.571. The van der Waals surface area contributed by atoms with E-state index in [1.54, 1.807) is 34.9 Å². The third-order valence-corrected chi connectivity index (χ3v) is 5.06. The summed E-state index contributed by atoms with van der Waals surface area (Å²) in [5, 5.41) is 8.19. The van der Waals surface area contributed by atoms with Gasteiger partial charge >= 0.3 is 17.9 Å². The maximum atomic E-state index is 12.5. The van der Waals surface area contributed by atoms with Gasteiger partial charge in [-0.15, -0.1) is 0 Å². The van der Waals surface area contributed by atoms with Gasteiger partial charge in [-0.05, 0) is 52.2 Å². The summed E-state index contributed by atoms with van der Waals surface area (Å²) < 4.78 is 5.32. The van der Waals surface area contributed by atoms with E-state index in [1.165, 1.54) is 23.2 Å². The summed E-state index contributed by atoms with van der Waals surface area (Å²) in [7, 11) is 3.34. The molecule has 2 rings (SSSR count). The lowest BCUT2D eigenvalue weighted by Crippen LogP contribution is -2.57. The van der Waals surface area contributed by atoms with Crippen LogP contribution in [0, 0.1) is 5.92 Å². The lowest BCUT2D eigenvalue weighted by molar-refractivity contribution is -0.137. The number of rotatable bonds is 4. The number of hydrogen-bond donors (Lipinski definition) is 3. The molecule has 10 nitrogen and oxygen atoms in total. The minimum atomic E-state index is -0.901. The molecule has 11 heteroatoms. The van der Waals surface area contributed by atoms with Crippen molar-refractivity contribution in [3.63, 3.8) is 0 Å². The number of alkyl carbamates (subject to hydrolysis) is 1. The van der Waals surface area contributed by atoms with Gasteiger partial charge < -0.3 is 25.6 Å². The molecule has 1 aliphatic carbocycles. The van der Waals surface area contributed by atoms with Gasteiger partial charge in [0.1, 0.15) is 11.4 Å². The summed E-state index contributed by atoms with van der Waals surface area (Å²) in [6.07, 6.45) is 1.91. The molecule has 1 fully saturated rings. The number of nitrogens with one attached hydrogen (secondary N) is 3. The number of pyridine rings is 1. The fourth-order valence-corrected chi connectivity index (χ4v) is 3.52. The normalized spacial score (nSPS) is 20.6. The topological polar surface area (TPSA) is 130 Å². The number of nitrogens with zero attached hydrogens (tertiary/aromatic N) is 2. The average Bonchev–Trinajstić information content (AvgIpc) is 2.68. The molecule has 4 amide bonds. The van der Waals surface area contributed by atoms with Crippen LogP contribution in [0.4, 0.5) is 10.6 Å². The first-order chi connectivity index (χ1) is 14.9. The summed E-state index contributed by atoms with van der Waals surface area (Å²) in [5.74, 6) is -1.97. The Balaban J connectivity index is 2.07. The number of carbonyl (C=O) groups excluding carboxylic acids is 4. The van der Waals surface area contributed by atoms with Gasteiger partial charge in [0.2, 0.25) is 5.91 Å². The van der Waals surface area contributed by atoms with E-state index in [0.29, 0.717) is 24.3 Å². The van der Waals surface area contributed by atoms with Crippen LogP contribution in [0.25, 0.3) is 0 Å². The maximum Gasteiger partial charge on any atom is 0.407 e. The van der Waals surface area contributed by atoms with Crippen LogP contribution in [0.1, 0.15) is 40.0 Å². The van der Waals surface area contributed by atoms with Crippen LogP contribution in [-0.2, 0) is 19.1 Å². The van der Waals surface area contributed by atoms with Gasteiger partial charge in [0.15, 0.2) is 0 Å². The smallest absolute Gasteiger partial charge is 0.407 e. The molecule has 0 saturated heterocycles. The van der Waals surface area contributed by atoms with Crippen molar-refractivity contribution < 1.29 is 23.9 Å². The van der Waals surface area contributed by atoms with Crippen molar-refractivity contribution in [1.82, 2.24) is 20.5 Å². The largest absolute Gasteiger partial charge is 0.444 e. The van der Waals surface area contributed by atoms with Crippen LogP contribution in [0.5, 0.6) is 0 Å². The first-order valence-electron chi connectivity index (χ1n) is 10.3. The summed E-state index contributed by atoms with van der Waals surface area (Å²) >= 11 is 5.76. The van der Waals surface area contributed by atoms with Gasteiger partial charge in [-0.25, -0.2) is 9.78 Å². The number of ether oxygens (including phenoxy) is 1. The molecule has 3 N–H and O–H groups in total. The number of halogens is 1. The molecule has 0 aliphatic heterocycles. The molecule has 1 aromatic heterocycles. The second-order valence-electron chi connectivity index (χ2n) is 8.89. The molecule has 1 saturated carbocycles. The highest BCUT2D eigenvalue weighted by atomic mass is 35.5. The van der Waals surface area contributed by atoms with E-state index >= 15 is 0 Å². The van der Waals surface area contributed by atoms with Crippen molar-refractivity contribution in [2.24, 2.45) is 5.92 Å². The molecule has 1 heterocycles. The Kier molecular flexibility index (Phi) is 8.43. The second-order valence-corrected chi connectivity index (χ2v) is 9.33. The van der Waals surface area contributed by atoms with Gasteiger partial charge in [-0.2, -0.15) is 0 Å². The van der Waals surface area contributed by atoms with Crippen LogP contribution < -0.4 is 16.0 Å². The van der Waals surface area contributed by atoms with E-state index < -0.39 is 35.6 Å². The maximum absolute atomic E-state index is 12.5. The van der Waals surface area contributed by atoms with Crippen molar-refractivity contribution in [2.75, 3.05) is 19.4 Å². The predicted molar refractivity (Wildman–Crippen MR) is 119 cm³/mol. The molecule has 176 valence electrons. The van der Waals surface area contributed by atoms with E-state index in [9.17, 15) is 19.2 Å². The van der Waals surface area contributed by atoms with Crippen LogP contribution >= 0.6 is 11.6 Å². The van der Waals surface area contributed by atoms with Crippen molar-refractivity contribution in [1.29, 1.82) is 0 Å². The standard InChI is InChI=1S/C21H30ClN5O5/c1-21(2,3)32-20(31)25-15-10-12(19(30)27(4)5)6-8-14(15)24-17(28)18(29)26-16-9-7-13(22)11-23-16/h7,9,11-12,14-15H,6,8,10H2,1-5H3,(H,24,28)(H,25,31)(H,23,26,29)/t12?,14-,15+/m0/s1. The van der Waals surface area contributed by atoms with E-state index in [-0.39, 0.29) is 17.6 Å². The zero-order chi connectivity index (χ0) is 24.1. The molecule has 32 heavy (non-hydrogen) atoms. The van der Waals surface area contributed by atoms with Crippen molar-refractivity contribution >= 4 is 41.2 Å². The molecule has 1 aromatic rings. The molecule has 1 unspecified atom stereocenters. The van der Waals surface area contributed by atoms with Crippen LogP contribution in [0.3, 0.4) is 0 Å². The quantitative estimate of drug-likeness (QED) is 0.580. The third kappa shape index (κ3) is 7.67. The van der Waals surface area contributed by atoms with Gasteiger partial charge in [-0.1, -0.05) is 11.6 Å². The predicted octanol–water partition coefficient (Wildman–Crippen LogP) is 1.94. The first kappa shape index (κ1) is 25.4. The minimum absolute atomic E-state index is 0.0580. The van der Waals surface area contributed by atoms with Crippen molar-refractivity contribution in [3.8, 4) is 0 Å². The molecular weight excluding hydrogens is 438 g/mol. The molecular formula is C21H30ClN5O5. The summed E-state index contributed by atoms with van der Waals surface area (Å²) in [5.41, 5.74) is -0.707. The summed E-state index contributed by atoms with van der Waals surface area (Å²) in [4.78, 5) is 54.9. The fourth-order valence-electron chi connectivity index (χ4n) is 3.41. The van der Waals surface area contributed by atoms with Crippen LogP contribution in [-0.4, -0.2) is 65.5 Å². The lowest BCUT2D eigenvalue weighted by atomic mass is 9.81. The zero-order valence-electron chi connectivity index (χ0n) is 18.9. The Morgan fingerprint density at radius 2 is 1.75 bits per heavy atom. The Bertz CT molecular complexity index is 853. The molecule has 0 bridgehead atoms. The van der Waals surface area contributed by atoms with Crippen LogP contribution in [0.2, 0.25) is 5.02 Å². The monoisotopic (exact) mass is 467 g/mol. The third-order valence-electron chi connectivity index (χ3n) is 4.83. The molecule has 3 atom stereocenters. The van der Waals surface area contributed by atoms with Gasteiger partial charge in [0, 0.05) is 32.3 Å². The number of amides is 4. The number of hydrogen-bond acceptors (Lipinski definition) is 6. The number of anilines is 1. The van der Waals surface area contributed by atoms with Crippen LogP contribution in [0.15, 0.2) is 18.3 Å². The zero-order valence-corrected chi connectivity index (χ0v) is 19.7. The molecule has 1 aliphatic rings. The minimum Gasteiger partial charge on any atom is -0.444 e. The van der Waals surface area contributed by atoms with Crippen molar-refractivity contribution in [3.05, 3.63) is 23.4 Å². The Hall–Kier alpha value is -2.88. The SMILES string of the molecule is CN(C)C(=O)C1CC[C@H](NC(=O)C(=O)Nc2ccc(Cl)cn2)[C@H](NC(=O)OC(C)(C)C)C1. The molecule has 0 aromatic carbocycles. The highest BCUT2D eigenvalue weighted by Crippen LogP contribution is 2.27. The average molecular weight is 468 g/mol. The van der Waals surface area contributed by atoms with Gasteiger partial charge in [-0.3, -0.25) is 14.4 Å². The highest BCUT2D eigenvalue weighted by Gasteiger charge is 2.37. The molecule has 0 radical (unpaired) electrons. The number of aromatic nitrogens is 1. The van der Waals surface area contributed by atoms with Crippen molar-refractivity contribution in [2.45, 2.75) is 57.7 Å². The van der Waals surface area contributed by atoms with E-state index in [4.69, 9.17) is 16.3 Å². The molecule has 0 spiro atoms. The van der Waals surface area contributed by atoms with Gasteiger partial charge in [0.05, 0.1) is 11.1 Å². The summed E-state index contributed by atoms with van der Waals surface area (Å²) in [6, 6.07) is 1.87. The summed E-state index contributed by atoms with van der Waals surface area (Å²) in [6.45, 7) is 5.21. The lowest BCUT2D eigenvalue weighted by Gasteiger charge is -2.37. The number of carbonyl (C=O) groups is 4. The Morgan fingerprint density at radius 3 is 2.31 bits per heavy atom. The second kappa shape index (κ2) is 10.6. The highest BCUT2D eigenvalue weighted by molar-refractivity contribution is 6.39. The first-order valence-corrected chi connectivity index (χ1v) is 10.7. The van der Waals surface area contributed by atoms with Gasteiger partial charge in [0.25, 0.3) is 0 Å². The van der Waals surface area contributed by atoms with E-state index in [1.807, 2.05) is 0 Å².